The number of hydrogen-bond donors (Lipinski definition) is 2. The average molecular weight is 418 g/mol. The fourth-order valence-electron chi connectivity index (χ4n) is 3.23. The minimum absolute atomic E-state index is 0. The van der Waals surface area contributed by atoms with Crippen molar-refractivity contribution in [3.05, 3.63) is 84.4 Å². The minimum atomic E-state index is -0.833. The number of anilines is 2. The molecule has 1 aromatic heterocycles. The number of amides is 2. The summed E-state index contributed by atoms with van der Waals surface area (Å²) in [6.45, 7) is 0.403. The fraction of sp³-hybridized carbons (Fsp3) is 0.250. The maximum Gasteiger partial charge on any atom is 0.255 e. The third-order valence-electron chi connectivity index (χ3n) is 5.28. The molecule has 0 atom stereocenters. The van der Waals surface area contributed by atoms with Crippen LogP contribution in [0.3, 0.4) is 0 Å². The Balaban J connectivity index is 0.00000272. The summed E-state index contributed by atoms with van der Waals surface area (Å²) in [6.07, 6.45) is 5.48. The standard InChI is InChI=1S/C23H23N5O2.CH4/c1-28(19-5-3-2-4-6-19)20-9-7-17(8-10-20)13-26-22(30)23(11-12-23)27-21(29)18-14-24-16-25-15-18;/h2-10,14-16H,11-13H2,1H3,(H,26,30)(H,27,29);1H4. The van der Waals surface area contributed by atoms with Crippen molar-refractivity contribution in [2.24, 2.45) is 0 Å². The van der Waals surface area contributed by atoms with Crippen LogP contribution in [0, 0.1) is 0 Å². The molecule has 2 N–H and O–H groups in total. The van der Waals surface area contributed by atoms with Crippen molar-refractivity contribution in [1.82, 2.24) is 20.6 Å². The van der Waals surface area contributed by atoms with Gasteiger partial charge in [-0.2, -0.15) is 0 Å². The molecule has 0 radical (unpaired) electrons. The number of aromatic nitrogens is 2. The van der Waals surface area contributed by atoms with Crippen molar-refractivity contribution < 1.29 is 9.59 Å². The van der Waals surface area contributed by atoms with E-state index < -0.39 is 5.54 Å². The molecule has 160 valence electrons. The number of nitrogens with one attached hydrogen (secondary N) is 2. The summed E-state index contributed by atoms with van der Waals surface area (Å²) < 4.78 is 0. The third kappa shape index (κ3) is 5.06. The number of carbonyl (C=O) groups excluding carboxylic acids is 2. The van der Waals surface area contributed by atoms with E-state index in [-0.39, 0.29) is 19.2 Å². The molecular weight excluding hydrogens is 390 g/mol. The van der Waals surface area contributed by atoms with Crippen molar-refractivity contribution in [2.75, 3.05) is 11.9 Å². The van der Waals surface area contributed by atoms with Crippen molar-refractivity contribution in [2.45, 2.75) is 32.4 Å². The SMILES string of the molecule is C.CN(c1ccccc1)c1ccc(CNC(=O)C2(NC(=O)c3cncnc3)CC2)cc1. The molecule has 7 nitrogen and oxygen atoms in total. The van der Waals surface area contributed by atoms with Crippen LogP contribution in [0.2, 0.25) is 0 Å². The lowest BCUT2D eigenvalue weighted by Gasteiger charge is -2.20. The summed E-state index contributed by atoms with van der Waals surface area (Å²) in [6, 6.07) is 18.2. The quantitative estimate of drug-likeness (QED) is 0.615. The van der Waals surface area contributed by atoms with Gasteiger partial charge in [0.25, 0.3) is 5.91 Å². The van der Waals surface area contributed by atoms with E-state index in [2.05, 4.69) is 37.6 Å². The number of rotatable bonds is 7. The molecule has 1 aliphatic carbocycles. The highest BCUT2D eigenvalue weighted by molar-refractivity contribution is 6.00. The summed E-state index contributed by atoms with van der Waals surface area (Å²) in [5.74, 6) is -0.505. The molecule has 2 aromatic carbocycles. The van der Waals surface area contributed by atoms with Gasteiger partial charge < -0.3 is 15.5 Å². The molecule has 0 spiro atoms. The molecule has 1 fully saturated rings. The Morgan fingerprint density at radius 3 is 2.19 bits per heavy atom. The second kappa shape index (κ2) is 9.38. The van der Waals surface area contributed by atoms with Gasteiger partial charge in [-0.15, -0.1) is 0 Å². The fourth-order valence-corrected chi connectivity index (χ4v) is 3.23. The highest BCUT2D eigenvalue weighted by Crippen LogP contribution is 2.36. The van der Waals surface area contributed by atoms with Gasteiger partial charge in [0.15, 0.2) is 0 Å². The van der Waals surface area contributed by atoms with Crippen LogP contribution in [0.5, 0.6) is 0 Å². The largest absolute Gasteiger partial charge is 0.350 e. The second-order valence-corrected chi connectivity index (χ2v) is 7.41. The average Bonchev–Trinajstić information content (AvgIpc) is 3.59. The van der Waals surface area contributed by atoms with E-state index in [0.29, 0.717) is 24.9 Å². The van der Waals surface area contributed by atoms with E-state index in [0.717, 1.165) is 16.9 Å². The monoisotopic (exact) mass is 417 g/mol. The number of benzene rings is 2. The Kier molecular flexibility index (Phi) is 6.65. The molecule has 1 aliphatic rings. The van der Waals surface area contributed by atoms with Gasteiger partial charge in [-0.25, -0.2) is 9.97 Å². The molecule has 0 bridgehead atoms. The number of para-hydroxylation sites is 1. The van der Waals surface area contributed by atoms with Crippen LogP contribution in [0.1, 0.15) is 36.2 Å². The van der Waals surface area contributed by atoms with Crippen molar-refractivity contribution in [3.8, 4) is 0 Å². The summed E-state index contributed by atoms with van der Waals surface area (Å²) in [5.41, 5.74) is 2.67. The maximum absolute atomic E-state index is 12.7. The van der Waals surface area contributed by atoms with Gasteiger partial charge in [0.05, 0.1) is 5.56 Å². The number of nitrogens with zero attached hydrogens (tertiary/aromatic N) is 3. The van der Waals surface area contributed by atoms with Gasteiger partial charge in [0.2, 0.25) is 5.91 Å². The zero-order valence-electron chi connectivity index (χ0n) is 16.7. The Morgan fingerprint density at radius 2 is 1.58 bits per heavy atom. The predicted molar refractivity (Wildman–Crippen MR) is 121 cm³/mol. The Morgan fingerprint density at radius 1 is 0.968 bits per heavy atom. The van der Waals surface area contributed by atoms with Crippen molar-refractivity contribution in [1.29, 1.82) is 0 Å². The number of carbonyl (C=O) groups is 2. The van der Waals surface area contributed by atoms with Crippen LogP contribution < -0.4 is 15.5 Å². The van der Waals surface area contributed by atoms with E-state index in [1.54, 1.807) is 0 Å². The van der Waals surface area contributed by atoms with E-state index in [9.17, 15) is 9.59 Å². The van der Waals surface area contributed by atoms with Gasteiger partial charge in [0, 0.05) is 37.4 Å². The molecule has 3 aromatic rings. The molecule has 31 heavy (non-hydrogen) atoms. The predicted octanol–water partition coefficient (Wildman–Crippen LogP) is 3.46. The highest BCUT2D eigenvalue weighted by atomic mass is 16.2. The van der Waals surface area contributed by atoms with E-state index in [1.807, 2.05) is 49.5 Å². The lowest BCUT2D eigenvalue weighted by molar-refractivity contribution is -0.124. The summed E-state index contributed by atoms with van der Waals surface area (Å²) >= 11 is 0. The first kappa shape index (κ1) is 22.0. The topological polar surface area (TPSA) is 87.2 Å². The lowest BCUT2D eigenvalue weighted by atomic mass is 10.1. The Labute approximate surface area is 182 Å². The molecule has 0 saturated heterocycles. The van der Waals surface area contributed by atoms with Gasteiger partial charge >= 0.3 is 0 Å². The molecule has 1 heterocycles. The van der Waals surface area contributed by atoms with Crippen LogP contribution in [-0.4, -0.2) is 34.4 Å². The molecule has 0 aliphatic heterocycles. The third-order valence-corrected chi connectivity index (χ3v) is 5.28. The van der Waals surface area contributed by atoms with Gasteiger partial charge in [-0.05, 0) is 42.7 Å². The molecule has 7 heteroatoms. The summed E-state index contributed by atoms with van der Waals surface area (Å²) in [5, 5.41) is 5.76. The molecule has 2 amide bonds. The second-order valence-electron chi connectivity index (χ2n) is 7.41. The van der Waals surface area contributed by atoms with Crippen LogP contribution in [0.25, 0.3) is 0 Å². The lowest BCUT2D eigenvalue weighted by Crippen LogP contribution is -2.48. The summed E-state index contributed by atoms with van der Waals surface area (Å²) in [7, 11) is 2.02. The minimum Gasteiger partial charge on any atom is -0.350 e. The molecule has 0 unspecified atom stereocenters. The van der Waals surface area contributed by atoms with Gasteiger partial charge in [0.1, 0.15) is 11.9 Å². The highest BCUT2D eigenvalue weighted by Gasteiger charge is 2.51. The van der Waals surface area contributed by atoms with Crippen LogP contribution in [0.15, 0.2) is 73.3 Å². The smallest absolute Gasteiger partial charge is 0.255 e. The summed E-state index contributed by atoms with van der Waals surface area (Å²) in [4.78, 5) is 34.8. The number of hydrogen-bond acceptors (Lipinski definition) is 5. The van der Waals surface area contributed by atoms with Gasteiger partial charge in [-0.1, -0.05) is 37.8 Å². The van der Waals surface area contributed by atoms with Gasteiger partial charge in [-0.3, -0.25) is 9.59 Å². The zero-order valence-corrected chi connectivity index (χ0v) is 16.7. The Bertz CT molecular complexity index is 1020. The zero-order chi connectivity index (χ0) is 21.0. The van der Waals surface area contributed by atoms with Crippen LogP contribution >= 0.6 is 0 Å². The normalized spacial score (nSPS) is 13.5. The Hall–Kier alpha value is -3.74. The molecular formula is C24H27N5O2. The first-order valence-corrected chi connectivity index (χ1v) is 9.81. The van der Waals surface area contributed by atoms with Crippen molar-refractivity contribution in [3.63, 3.8) is 0 Å². The van der Waals surface area contributed by atoms with E-state index >= 15 is 0 Å². The van der Waals surface area contributed by atoms with Crippen LogP contribution in [-0.2, 0) is 11.3 Å². The first-order valence-electron chi connectivity index (χ1n) is 9.81. The van der Waals surface area contributed by atoms with Crippen molar-refractivity contribution >= 4 is 23.2 Å². The maximum atomic E-state index is 12.7. The first-order chi connectivity index (χ1) is 14.6. The van der Waals surface area contributed by atoms with Crippen LogP contribution in [0.4, 0.5) is 11.4 Å². The molecule has 4 rings (SSSR count). The van der Waals surface area contributed by atoms with E-state index in [1.165, 1.54) is 18.7 Å². The van der Waals surface area contributed by atoms with E-state index in [4.69, 9.17) is 0 Å². The molecule has 1 saturated carbocycles.